The van der Waals surface area contributed by atoms with Crippen LogP contribution in [0.4, 0.5) is 0 Å². The molecule has 0 atom stereocenters. The SMILES string of the molecule is [C-]1=CC=CC1.[C-]1=CC=CC1.[C-]1=CC=CC1.[Dy+3]. The van der Waals surface area contributed by atoms with Crippen LogP contribution in [0.5, 0.6) is 0 Å². The normalized spacial score (nSPS) is 16.5. The van der Waals surface area contributed by atoms with Crippen molar-refractivity contribution in [3.8, 4) is 0 Å². The molecule has 3 rings (SSSR count). The fourth-order valence-corrected chi connectivity index (χ4v) is 1.02. The van der Waals surface area contributed by atoms with Crippen molar-refractivity contribution in [2.24, 2.45) is 0 Å². The predicted molar refractivity (Wildman–Crippen MR) is 64.7 cm³/mol. The van der Waals surface area contributed by atoms with Crippen molar-refractivity contribution in [3.63, 3.8) is 0 Å². The summed E-state index contributed by atoms with van der Waals surface area (Å²) in [5.41, 5.74) is 0. The van der Waals surface area contributed by atoms with E-state index in [1.807, 2.05) is 36.5 Å². The summed E-state index contributed by atoms with van der Waals surface area (Å²) < 4.78 is 0. The van der Waals surface area contributed by atoms with Gasteiger partial charge in [-0.1, -0.05) is 0 Å². The molecule has 0 unspecified atom stereocenters. The van der Waals surface area contributed by atoms with Gasteiger partial charge in [0.1, 0.15) is 0 Å². The maximum absolute atomic E-state index is 2.99. The molecule has 3 aliphatic carbocycles. The Morgan fingerprint density at radius 1 is 0.562 bits per heavy atom. The van der Waals surface area contributed by atoms with E-state index in [4.69, 9.17) is 0 Å². The van der Waals surface area contributed by atoms with Crippen molar-refractivity contribution in [2.45, 2.75) is 19.3 Å². The van der Waals surface area contributed by atoms with Gasteiger partial charge in [-0.25, -0.2) is 36.5 Å². The molecule has 0 aromatic heterocycles. The Balaban J connectivity index is 0.000000205. The molecular formula is C15H15Dy. The molecule has 16 heavy (non-hydrogen) atoms. The fraction of sp³-hybridized carbons (Fsp3) is 0.200. The molecule has 0 bridgehead atoms. The Morgan fingerprint density at radius 2 is 0.875 bits per heavy atom. The van der Waals surface area contributed by atoms with Crippen LogP contribution in [0.2, 0.25) is 0 Å². The van der Waals surface area contributed by atoms with Gasteiger partial charge in [-0.2, -0.15) is 18.2 Å². The fourth-order valence-electron chi connectivity index (χ4n) is 1.02. The first-order chi connectivity index (χ1) is 7.50. The van der Waals surface area contributed by atoms with Gasteiger partial charge in [0.15, 0.2) is 0 Å². The van der Waals surface area contributed by atoms with Gasteiger partial charge in [-0.15, -0.1) is 19.3 Å². The largest absolute Gasteiger partial charge is 3.00 e. The van der Waals surface area contributed by atoms with E-state index in [1.165, 1.54) is 0 Å². The molecule has 0 nitrogen and oxygen atoms in total. The van der Waals surface area contributed by atoms with Crippen molar-refractivity contribution >= 4 is 0 Å². The van der Waals surface area contributed by atoms with Gasteiger partial charge in [0.05, 0.1) is 0 Å². The third-order valence-corrected chi connectivity index (χ3v) is 1.76. The third-order valence-electron chi connectivity index (χ3n) is 1.76. The molecule has 1 heteroatoms. The number of allylic oxidation sites excluding steroid dienone is 12. The molecule has 0 spiro atoms. The van der Waals surface area contributed by atoms with Crippen LogP contribution >= 0.6 is 0 Å². The van der Waals surface area contributed by atoms with Crippen LogP contribution in [-0.2, 0) is 0 Å². The average molecular weight is 358 g/mol. The van der Waals surface area contributed by atoms with Crippen LogP contribution in [0, 0.1) is 56.4 Å². The van der Waals surface area contributed by atoms with Gasteiger partial charge in [-0.05, 0) is 0 Å². The van der Waals surface area contributed by atoms with Crippen LogP contribution in [0.1, 0.15) is 19.3 Å². The van der Waals surface area contributed by atoms with E-state index in [-0.39, 0.29) is 38.2 Å². The Labute approximate surface area is 129 Å². The summed E-state index contributed by atoms with van der Waals surface area (Å²) in [6.45, 7) is 0. The monoisotopic (exact) mass is 359 g/mol. The summed E-state index contributed by atoms with van der Waals surface area (Å²) in [7, 11) is 0. The number of hydrogen-bond acceptors (Lipinski definition) is 0. The minimum atomic E-state index is 0. The van der Waals surface area contributed by atoms with E-state index in [0.29, 0.717) is 0 Å². The van der Waals surface area contributed by atoms with Gasteiger partial charge in [-0.3, -0.25) is 18.2 Å². The third kappa shape index (κ3) is 10.2. The van der Waals surface area contributed by atoms with E-state index < -0.39 is 0 Å². The molecule has 0 amide bonds. The molecule has 0 aromatic carbocycles. The smallest absolute Gasteiger partial charge is 0.273 e. The van der Waals surface area contributed by atoms with E-state index in [1.54, 1.807) is 0 Å². The summed E-state index contributed by atoms with van der Waals surface area (Å²) in [4.78, 5) is 0. The second-order valence-corrected chi connectivity index (χ2v) is 3.01. The first-order valence-electron chi connectivity index (χ1n) is 5.15. The number of hydrogen-bond donors (Lipinski definition) is 0. The van der Waals surface area contributed by atoms with E-state index in [2.05, 4.69) is 36.5 Å². The summed E-state index contributed by atoms with van der Waals surface area (Å²) in [6.07, 6.45) is 30.0. The molecule has 85 valence electrons. The van der Waals surface area contributed by atoms with Crippen molar-refractivity contribution in [2.75, 3.05) is 0 Å². The van der Waals surface area contributed by atoms with Gasteiger partial charge >= 0.3 is 38.2 Å². The second kappa shape index (κ2) is 12.8. The van der Waals surface area contributed by atoms with Crippen molar-refractivity contribution < 1.29 is 38.2 Å². The molecule has 0 saturated heterocycles. The maximum Gasteiger partial charge on any atom is 3.00 e. The molecule has 3 aliphatic rings. The zero-order valence-corrected chi connectivity index (χ0v) is 11.2. The zero-order valence-electron chi connectivity index (χ0n) is 9.13. The summed E-state index contributed by atoms with van der Waals surface area (Å²) in [5, 5.41) is 0. The van der Waals surface area contributed by atoms with Crippen LogP contribution in [0.3, 0.4) is 0 Å². The Bertz CT molecular complexity index is 232. The van der Waals surface area contributed by atoms with Crippen LogP contribution in [0.15, 0.2) is 54.7 Å². The molecule has 0 fully saturated rings. The summed E-state index contributed by atoms with van der Waals surface area (Å²) in [6, 6.07) is 0. The molecule has 0 aromatic rings. The quantitative estimate of drug-likeness (QED) is 0.576. The van der Waals surface area contributed by atoms with Gasteiger partial charge in [0, 0.05) is 0 Å². The Morgan fingerprint density at radius 3 is 0.938 bits per heavy atom. The molecule has 0 heterocycles. The van der Waals surface area contributed by atoms with E-state index >= 15 is 0 Å². The van der Waals surface area contributed by atoms with E-state index in [9.17, 15) is 0 Å². The first-order valence-corrected chi connectivity index (χ1v) is 5.15. The summed E-state index contributed by atoms with van der Waals surface area (Å²) >= 11 is 0. The zero-order chi connectivity index (χ0) is 10.6. The van der Waals surface area contributed by atoms with Gasteiger partial charge in [0.2, 0.25) is 0 Å². The van der Waals surface area contributed by atoms with Crippen molar-refractivity contribution in [3.05, 3.63) is 72.9 Å². The maximum atomic E-state index is 2.99. The Hall–Kier alpha value is -0.287. The topological polar surface area (TPSA) is 0 Å². The molecule has 1 radical (unpaired) electrons. The standard InChI is InChI=1S/3C5H5.Dy/c3*1-2-4-5-3-1;/h3*1-3H,4H2;/q3*-1;+3. The van der Waals surface area contributed by atoms with Gasteiger partial charge < -0.3 is 0 Å². The average Bonchev–Trinajstić information content (AvgIpc) is 3.09. The van der Waals surface area contributed by atoms with Crippen LogP contribution < -0.4 is 0 Å². The molecule has 0 saturated carbocycles. The minimum absolute atomic E-state index is 0. The summed E-state index contributed by atoms with van der Waals surface area (Å²) in [5.74, 6) is 0. The molecule has 0 N–H and O–H groups in total. The minimum Gasteiger partial charge on any atom is -0.273 e. The Kier molecular flexibility index (Phi) is 12.6. The first kappa shape index (κ1) is 15.7. The van der Waals surface area contributed by atoms with E-state index in [0.717, 1.165) is 19.3 Å². The van der Waals surface area contributed by atoms with Crippen molar-refractivity contribution in [1.29, 1.82) is 0 Å². The van der Waals surface area contributed by atoms with Crippen LogP contribution in [0.25, 0.3) is 0 Å². The second-order valence-electron chi connectivity index (χ2n) is 3.01. The van der Waals surface area contributed by atoms with Crippen molar-refractivity contribution in [1.82, 2.24) is 0 Å². The predicted octanol–water partition coefficient (Wildman–Crippen LogP) is 3.92. The molecule has 0 aliphatic heterocycles. The van der Waals surface area contributed by atoms with Crippen LogP contribution in [-0.4, -0.2) is 0 Å². The molecular weight excluding hydrogens is 343 g/mol. The van der Waals surface area contributed by atoms with Gasteiger partial charge in [0.25, 0.3) is 0 Å². The number of rotatable bonds is 0.